The van der Waals surface area contributed by atoms with Gasteiger partial charge in [-0.1, -0.05) is 36.8 Å². The zero-order valence-electron chi connectivity index (χ0n) is 19.6. The van der Waals surface area contributed by atoms with E-state index in [-0.39, 0.29) is 23.6 Å². The highest BCUT2D eigenvalue weighted by Gasteiger charge is 2.30. The first-order chi connectivity index (χ1) is 14.8. The molecule has 3 rings (SSSR count). The summed E-state index contributed by atoms with van der Waals surface area (Å²) in [5, 5.41) is 10.5. The summed E-state index contributed by atoms with van der Waals surface area (Å²) in [6.07, 6.45) is 3.78. The number of esters is 1. The molecule has 31 heavy (non-hydrogen) atoms. The fourth-order valence-corrected chi connectivity index (χ4v) is 4.60. The lowest BCUT2D eigenvalue weighted by atomic mass is 9.84. The smallest absolute Gasteiger partial charge is 0.314 e. The molecule has 168 valence electrons. The Balaban J connectivity index is 1.99. The Morgan fingerprint density at radius 1 is 1.06 bits per heavy atom. The highest BCUT2D eigenvalue weighted by atomic mass is 16.5. The standard InChI is InChI=1S/C27H37NO3/c1-18(2)28(19(3)4)17-16-23(21-10-7-6-8-11-21)26-20(5)24(29)14-15-25(26)31-27(30)22-12-9-13-22/h6-8,10-11,14-15,18-19,22-23,29H,9,12-13,16-17H2,1-5H3/t23-/m1/s1. The number of aromatic hydroxyl groups is 1. The number of benzene rings is 2. The van der Waals surface area contributed by atoms with Gasteiger partial charge in [-0.3, -0.25) is 9.69 Å². The van der Waals surface area contributed by atoms with Crippen LogP contribution >= 0.6 is 0 Å². The fraction of sp³-hybridized carbons (Fsp3) is 0.519. The van der Waals surface area contributed by atoms with Crippen molar-refractivity contribution in [3.8, 4) is 11.5 Å². The normalized spacial score (nSPS) is 15.4. The Hall–Kier alpha value is -2.33. The molecule has 1 aliphatic rings. The zero-order valence-corrected chi connectivity index (χ0v) is 19.6. The summed E-state index contributed by atoms with van der Waals surface area (Å²) in [5.41, 5.74) is 2.88. The molecule has 1 aliphatic carbocycles. The van der Waals surface area contributed by atoms with Crippen molar-refractivity contribution in [2.24, 2.45) is 5.92 Å². The summed E-state index contributed by atoms with van der Waals surface area (Å²) in [7, 11) is 0. The minimum Gasteiger partial charge on any atom is -0.508 e. The lowest BCUT2D eigenvalue weighted by Gasteiger charge is -2.33. The van der Waals surface area contributed by atoms with Crippen LogP contribution in [0.2, 0.25) is 0 Å². The average Bonchev–Trinajstić information content (AvgIpc) is 2.68. The largest absolute Gasteiger partial charge is 0.508 e. The van der Waals surface area contributed by atoms with E-state index in [9.17, 15) is 9.90 Å². The van der Waals surface area contributed by atoms with Crippen LogP contribution in [-0.4, -0.2) is 34.6 Å². The van der Waals surface area contributed by atoms with Crippen LogP contribution in [0.1, 0.15) is 76.0 Å². The Morgan fingerprint density at radius 3 is 2.26 bits per heavy atom. The van der Waals surface area contributed by atoms with E-state index in [2.05, 4.69) is 44.7 Å². The molecule has 1 N–H and O–H groups in total. The van der Waals surface area contributed by atoms with Gasteiger partial charge in [0.15, 0.2) is 0 Å². The van der Waals surface area contributed by atoms with Crippen molar-refractivity contribution >= 4 is 5.97 Å². The summed E-state index contributed by atoms with van der Waals surface area (Å²) >= 11 is 0. The van der Waals surface area contributed by atoms with E-state index < -0.39 is 0 Å². The van der Waals surface area contributed by atoms with Gasteiger partial charge in [-0.05, 0) is 83.7 Å². The molecule has 0 bridgehead atoms. The van der Waals surface area contributed by atoms with Crippen LogP contribution < -0.4 is 4.74 Å². The number of phenols is 1. The molecule has 1 atom stereocenters. The predicted octanol–water partition coefficient (Wildman–Crippen LogP) is 6.05. The molecule has 0 aromatic heterocycles. The summed E-state index contributed by atoms with van der Waals surface area (Å²) in [6, 6.07) is 14.6. The first-order valence-electron chi connectivity index (χ1n) is 11.6. The molecule has 0 heterocycles. The van der Waals surface area contributed by atoms with Crippen LogP contribution in [0.3, 0.4) is 0 Å². The van der Waals surface area contributed by atoms with Gasteiger partial charge in [0.1, 0.15) is 11.5 Å². The Kier molecular flexibility index (Phi) is 7.77. The minimum absolute atomic E-state index is 0.00880. The van der Waals surface area contributed by atoms with Crippen molar-refractivity contribution in [2.75, 3.05) is 6.54 Å². The van der Waals surface area contributed by atoms with E-state index >= 15 is 0 Å². The van der Waals surface area contributed by atoms with Crippen LogP contribution in [-0.2, 0) is 4.79 Å². The molecule has 0 amide bonds. The molecule has 2 aromatic rings. The number of hydrogen-bond acceptors (Lipinski definition) is 4. The Bertz CT molecular complexity index is 864. The van der Waals surface area contributed by atoms with E-state index in [1.165, 1.54) is 5.56 Å². The topological polar surface area (TPSA) is 49.8 Å². The Labute approximate surface area is 187 Å². The molecule has 1 fully saturated rings. The molecule has 0 unspecified atom stereocenters. The van der Waals surface area contributed by atoms with Gasteiger partial charge in [-0.25, -0.2) is 0 Å². The molecule has 1 saturated carbocycles. The highest BCUT2D eigenvalue weighted by Crippen LogP contribution is 2.41. The van der Waals surface area contributed by atoms with E-state index in [0.29, 0.717) is 17.8 Å². The third kappa shape index (κ3) is 5.48. The average molecular weight is 424 g/mol. The molecule has 4 nitrogen and oxygen atoms in total. The predicted molar refractivity (Wildman–Crippen MR) is 126 cm³/mol. The number of nitrogens with zero attached hydrogens (tertiary/aromatic N) is 1. The van der Waals surface area contributed by atoms with Gasteiger partial charge in [0.2, 0.25) is 0 Å². The molecule has 0 aliphatic heterocycles. The number of phenolic OH excluding ortho intramolecular Hbond substituents is 1. The zero-order chi connectivity index (χ0) is 22.5. The van der Waals surface area contributed by atoms with Crippen molar-refractivity contribution in [1.29, 1.82) is 0 Å². The second-order valence-electron chi connectivity index (χ2n) is 9.35. The molecule has 0 radical (unpaired) electrons. The number of carbonyl (C=O) groups is 1. The van der Waals surface area contributed by atoms with Crippen LogP contribution in [0, 0.1) is 12.8 Å². The van der Waals surface area contributed by atoms with Crippen molar-refractivity contribution in [3.05, 3.63) is 59.2 Å². The van der Waals surface area contributed by atoms with Gasteiger partial charge in [-0.2, -0.15) is 0 Å². The lowest BCUT2D eigenvalue weighted by molar-refractivity contribution is -0.141. The van der Waals surface area contributed by atoms with E-state index in [0.717, 1.165) is 43.4 Å². The quantitative estimate of drug-likeness (QED) is 0.394. The molecular formula is C27H37NO3. The van der Waals surface area contributed by atoms with Gasteiger partial charge in [-0.15, -0.1) is 0 Å². The number of carbonyl (C=O) groups excluding carboxylic acids is 1. The van der Waals surface area contributed by atoms with Crippen molar-refractivity contribution in [3.63, 3.8) is 0 Å². The molecule has 4 heteroatoms. The maximum absolute atomic E-state index is 12.7. The first kappa shape index (κ1) is 23.3. The van der Waals surface area contributed by atoms with Crippen LogP contribution in [0.15, 0.2) is 42.5 Å². The summed E-state index contributed by atoms with van der Waals surface area (Å²) in [5.74, 6) is 0.716. The maximum Gasteiger partial charge on any atom is 0.314 e. The monoisotopic (exact) mass is 423 g/mol. The van der Waals surface area contributed by atoms with Gasteiger partial charge < -0.3 is 9.84 Å². The number of rotatable bonds is 9. The minimum atomic E-state index is -0.143. The van der Waals surface area contributed by atoms with Gasteiger partial charge in [0.25, 0.3) is 0 Å². The molecule has 2 aromatic carbocycles. The SMILES string of the molecule is Cc1c(O)ccc(OC(=O)C2CCC2)c1[C@H](CCN(C(C)C)C(C)C)c1ccccc1. The highest BCUT2D eigenvalue weighted by molar-refractivity contribution is 5.76. The maximum atomic E-state index is 12.7. The first-order valence-corrected chi connectivity index (χ1v) is 11.6. The van der Waals surface area contributed by atoms with Gasteiger partial charge in [0, 0.05) is 23.6 Å². The van der Waals surface area contributed by atoms with Crippen LogP contribution in [0.25, 0.3) is 0 Å². The van der Waals surface area contributed by atoms with E-state index in [1.54, 1.807) is 12.1 Å². The third-order valence-corrected chi connectivity index (χ3v) is 6.65. The second kappa shape index (κ2) is 10.3. The molecule has 0 saturated heterocycles. The Morgan fingerprint density at radius 2 is 1.71 bits per heavy atom. The van der Waals surface area contributed by atoms with Gasteiger partial charge >= 0.3 is 5.97 Å². The molecular weight excluding hydrogens is 386 g/mol. The second-order valence-corrected chi connectivity index (χ2v) is 9.35. The number of ether oxygens (including phenoxy) is 1. The van der Waals surface area contributed by atoms with Crippen LogP contribution in [0.4, 0.5) is 0 Å². The fourth-order valence-electron chi connectivity index (χ4n) is 4.60. The van der Waals surface area contributed by atoms with Crippen molar-refractivity contribution in [2.45, 2.75) is 78.3 Å². The summed E-state index contributed by atoms with van der Waals surface area (Å²) in [4.78, 5) is 15.1. The third-order valence-electron chi connectivity index (χ3n) is 6.65. The van der Waals surface area contributed by atoms with E-state index in [4.69, 9.17) is 4.74 Å². The van der Waals surface area contributed by atoms with Crippen LogP contribution in [0.5, 0.6) is 11.5 Å². The van der Waals surface area contributed by atoms with E-state index in [1.807, 2.05) is 25.1 Å². The number of hydrogen-bond donors (Lipinski definition) is 1. The lowest BCUT2D eigenvalue weighted by Crippen LogP contribution is -2.38. The van der Waals surface area contributed by atoms with Gasteiger partial charge in [0.05, 0.1) is 5.92 Å². The van der Waals surface area contributed by atoms with Crippen molar-refractivity contribution < 1.29 is 14.6 Å². The van der Waals surface area contributed by atoms with Crippen molar-refractivity contribution in [1.82, 2.24) is 4.90 Å². The summed E-state index contributed by atoms with van der Waals surface area (Å²) in [6.45, 7) is 11.7. The molecule has 0 spiro atoms. The summed E-state index contributed by atoms with van der Waals surface area (Å²) < 4.78 is 5.93.